The van der Waals surface area contributed by atoms with Crippen LogP contribution in [0.4, 0.5) is 5.69 Å². The number of fused-ring (bicyclic) bond motifs is 6. The van der Waals surface area contributed by atoms with Crippen LogP contribution in [0.5, 0.6) is 0 Å². The molecule has 0 unspecified atom stereocenters. The van der Waals surface area contributed by atoms with Gasteiger partial charge in [0, 0.05) is 33.8 Å². The molecule has 0 amide bonds. The van der Waals surface area contributed by atoms with Crippen molar-refractivity contribution in [2.24, 2.45) is 0 Å². The second kappa shape index (κ2) is 14.6. The number of nitrogens with zero attached hydrogens (tertiary/aromatic N) is 5. The molecule has 2 aromatic heterocycles. The molecule has 5 nitrogen and oxygen atoms in total. The van der Waals surface area contributed by atoms with Crippen LogP contribution in [-0.4, -0.2) is 19.9 Å². The summed E-state index contributed by atoms with van der Waals surface area (Å²) >= 11 is 0. The summed E-state index contributed by atoms with van der Waals surface area (Å²) in [7, 11) is 0. The fraction of sp³-hybridized carbons (Fsp3) is 0. The molecule has 0 saturated heterocycles. The molecule has 0 aliphatic rings. The highest BCUT2D eigenvalue weighted by Crippen LogP contribution is 2.42. The van der Waals surface area contributed by atoms with Gasteiger partial charge in [-0.2, -0.15) is 0 Å². The third kappa shape index (κ3) is 6.21. The van der Waals surface area contributed by atoms with Crippen LogP contribution in [0.1, 0.15) is 0 Å². The first-order valence-electron chi connectivity index (χ1n) is 19.9. The van der Waals surface area contributed by atoms with E-state index in [0.717, 1.165) is 82.5 Å². The first kappa shape index (κ1) is 34.9. The fourth-order valence-electron chi connectivity index (χ4n) is 8.40. The maximum atomic E-state index is 7.62. The summed E-state index contributed by atoms with van der Waals surface area (Å²) in [5.41, 5.74) is 10.9. The van der Waals surface area contributed by atoms with Crippen LogP contribution in [0, 0.1) is 6.57 Å². The maximum absolute atomic E-state index is 7.62. The van der Waals surface area contributed by atoms with Crippen LogP contribution in [0.15, 0.2) is 200 Å². The number of pyridine rings is 1. The topological polar surface area (TPSA) is 55.9 Å². The summed E-state index contributed by atoms with van der Waals surface area (Å²) in [6.07, 6.45) is 1.88. The van der Waals surface area contributed by atoms with E-state index in [-0.39, 0.29) is 0 Å². The Morgan fingerprint density at radius 3 is 1.58 bits per heavy atom. The van der Waals surface area contributed by atoms with Crippen LogP contribution >= 0.6 is 0 Å². The third-order valence-corrected chi connectivity index (χ3v) is 11.3. The maximum Gasteiger partial charge on any atom is 0.187 e. The van der Waals surface area contributed by atoms with Crippen LogP contribution in [-0.2, 0) is 0 Å². The molecule has 0 bridgehead atoms. The highest BCUT2D eigenvalue weighted by molar-refractivity contribution is 6.23. The van der Waals surface area contributed by atoms with Gasteiger partial charge >= 0.3 is 0 Å². The Labute approximate surface area is 346 Å². The van der Waals surface area contributed by atoms with Gasteiger partial charge in [-0.1, -0.05) is 152 Å². The zero-order valence-corrected chi connectivity index (χ0v) is 32.3. The summed E-state index contributed by atoms with van der Waals surface area (Å²) in [6.45, 7) is 7.62. The highest BCUT2D eigenvalue weighted by atomic mass is 15.0. The van der Waals surface area contributed by atoms with E-state index in [2.05, 4.69) is 114 Å². The Balaban J connectivity index is 0.995. The zero-order valence-electron chi connectivity index (χ0n) is 32.3. The lowest BCUT2D eigenvalue weighted by molar-refractivity contribution is 1.07. The van der Waals surface area contributed by atoms with Crippen molar-refractivity contribution >= 4 is 48.9 Å². The van der Waals surface area contributed by atoms with E-state index < -0.39 is 0 Å². The molecule has 0 radical (unpaired) electrons. The van der Waals surface area contributed by atoms with Gasteiger partial charge in [-0.3, -0.25) is 4.98 Å². The van der Waals surface area contributed by atoms with Crippen LogP contribution in [0.3, 0.4) is 0 Å². The number of benzene rings is 9. The van der Waals surface area contributed by atoms with Crippen molar-refractivity contribution in [3.63, 3.8) is 0 Å². The van der Waals surface area contributed by atoms with E-state index in [1.807, 2.05) is 91.1 Å². The normalized spacial score (nSPS) is 11.3. The summed E-state index contributed by atoms with van der Waals surface area (Å²) in [4.78, 5) is 23.5. The average molecular weight is 764 g/mol. The van der Waals surface area contributed by atoms with Gasteiger partial charge in [-0.05, 0) is 103 Å². The SMILES string of the molecule is [C-]#[N+]c1cccc(-c2cc3c4cccnc4c(-c4ccc5cc(-c6cccc(-c7nc(-c8ccccc8)nc(-c8ccccc8)n7)c6)ccc5c4)cc3c3ccccc23)c1. The van der Waals surface area contributed by atoms with Crippen molar-refractivity contribution in [1.29, 1.82) is 0 Å². The van der Waals surface area contributed by atoms with Gasteiger partial charge in [0.15, 0.2) is 23.2 Å². The number of hydrogen-bond donors (Lipinski definition) is 0. The Morgan fingerprint density at radius 2 is 0.850 bits per heavy atom. The molecule has 5 heteroatoms. The molecule has 0 saturated carbocycles. The minimum absolute atomic E-state index is 0.629. The van der Waals surface area contributed by atoms with Crippen molar-refractivity contribution in [2.45, 2.75) is 0 Å². The first-order chi connectivity index (χ1) is 29.7. The Kier molecular flexibility index (Phi) is 8.46. The van der Waals surface area contributed by atoms with E-state index in [1.165, 1.54) is 10.8 Å². The monoisotopic (exact) mass is 763 g/mol. The molecule has 60 heavy (non-hydrogen) atoms. The van der Waals surface area contributed by atoms with E-state index in [9.17, 15) is 0 Å². The first-order valence-corrected chi connectivity index (χ1v) is 19.9. The second-order valence-corrected chi connectivity index (χ2v) is 14.9. The van der Waals surface area contributed by atoms with Gasteiger partial charge in [0.25, 0.3) is 0 Å². The lowest BCUT2D eigenvalue weighted by Crippen LogP contribution is -2.00. The van der Waals surface area contributed by atoms with Gasteiger partial charge in [0.2, 0.25) is 0 Å². The van der Waals surface area contributed by atoms with Gasteiger partial charge in [-0.25, -0.2) is 19.8 Å². The van der Waals surface area contributed by atoms with E-state index in [0.29, 0.717) is 23.2 Å². The molecular formula is C55H33N5. The summed E-state index contributed by atoms with van der Waals surface area (Å²) in [6, 6.07) is 67.2. The van der Waals surface area contributed by atoms with Crippen molar-refractivity contribution < 1.29 is 0 Å². The van der Waals surface area contributed by atoms with Crippen LogP contribution in [0.2, 0.25) is 0 Å². The molecule has 0 spiro atoms. The van der Waals surface area contributed by atoms with Gasteiger partial charge < -0.3 is 0 Å². The van der Waals surface area contributed by atoms with Crippen molar-refractivity contribution in [1.82, 2.24) is 19.9 Å². The van der Waals surface area contributed by atoms with Gasteiger partial charge in [0.1, 0.15) is 0 Å². The van der Waals surface area contributed by atoms with E-state index >= 15 is 0 Å². The van der Waals surface area contributed by atoms with Crippen molar-refractivity contribution in [3.8, 4) is 67.5 Å². The quantitative estimate of drug-likeness (QED) is 0.125. The lowest BCUT2D eigenvalue weighted by atomic mass is 9.88. The van der Waals surface area contributed by atoms with E-state index in [1.54, 1.807) is 0 Å². The molecule has 0 fully saturated rings. The number of hydrogen-bond acceptors (Lipinski definition) is 4. The zero-order chi connectivity index (χ0) is 40.0. The summed E-state index contributed by atoms with van der Waals surface area (Å²) < 4.78 is 0. The molecular weight excluding hydrogens is 731 g/mol. The molecule has 11 aromatic rings. The highest BCUT2D eigenvalue weighted by Gasteiger charge is 2.17. The Bertz CT molecular complexity index is 3440. The van der Waals surface area contributed by atoms with Gasteiger partial charge in [0.05, 0.1) is 12.1 Å². The third-order valence-electron chi connectivity index (χ3n) is 11.3. The minimum Gasteiger partial charge on any atom is -0.256 e. The predicted molar refractivity (Wildman–Crippen MR) is 247 cm³/mol. The van der Waals surface area contributed by atoms with Gasteiger partial charge in [-0.15, -0.1) is 0 Å². The van der Waals surface area contributed by atoms with E-state index in [4.69, 9.17) is 26.5 Å². The fourth-order valence-corrected chi connectivity index (χ4v) is 8.40. The number of aromatic nitrogens is 4. The van der Waals surface area contributed by atoms with Crippen molar-refractivity contribution in [3.05, 3.63) is 212 Å². The smallest absolute Gasteiger partial charge is 0.187 e. The lowest BCUT2D eigenvalue weighted by Gasteiger charge is -2.16. The molecule has 0 aliphatic carbocycles. The Hall–Kier alpha value is -8.33. The molecule has 0 N–H and O–H groups in total. The average Bonchev–Trinajstić information content (AvgIpc) is 3.33. The molecule has 0 atom stereocenters. The molecule has 278 valence electrons. The summed E-state index contributed by atoms with van der Waals surface area (Å²) in [5, 5.41) is 8.03. The summed E-state index contributed by atoms with van der Waals surface area (Å²) in [5.74, 6) is 1.91. The molecule has 2 heterocycles. The minimum atomic E-state index is 0.629. The number of rotatable bonds is 6. The van der Waals surface area contributed by atoms with Crippen LogP contribution < -0.4 is 0 Å². The van der Waals surface area contributed by atoms with Crippen LogP contribution in [0.25, 0.3) is 116 Å². The predicted octanol–water partition coefficient (Wildman–Crippen LogP) is 14.4. The Morgan fingerprint density at radius 1 is 0.333 bits per heavy atom. The second-order valence-electron chi connectivity index (χ2n) is 14.9. The largest absolute Gasteiger partial charge is 0.256 e. The molecule has 9 aromatic carbocycles. The molecule has 11 rings (SSSR count). The molecule has 0 aliphatic heterocycles. The standard InChI is InChI=1S/C55H33N5/c1-56-44-20-11-18-41(32-44)48-33-51-47-23-12-28-57-52(47)49(34-50(51)46-22-9-8-21-45(46)48)42-27-26-39-29-38(24-25-40(39)30-42)37-17-10-19-43(31-37)55-59-53(35-13-4-2-5-14-35)58-54(60-55)36-15-6-3-7-16-36/h2-34H. The van der Waals surface area contributed by atoms with Crippen molar-refractivity contribution in [2.75, 3.05) is 0 Å².